The molecule has 0 radical (unpaired) electrons. The van der Waals surface area contributed by atoms with Crippen LogP contribution in [-0.2, 0) is 102 Å². The zero-order valence-electron chi connectivity index (χ0n) is 38.2. The van der Waals surface area contributed by atoms with Gasteiger partial charge in [0.1, 0.15) is 0 Å². The van der Waals surface area contributed by atoms with Crippen LogP contribution in [0.25, 0.3) is 0 Å². The first-order valence-electron chi connectivity index (χ1n) is 21.4. The summed E-state index contributed by atoms with van der Waals surface area (Å²) < 4.78 is 77.3. The van der Waals surface area contributed by atoms with Gasteiger partial charge in [0.15, 0.2) is 0 Å². The molecule has 22 nitrogen and oxygen atoms in total. The van der Waals surface area contributed by atoms with Crippen LogP contribution in [0.2, 0.25) is 0 Å². The molecule has 3 aliphatic heterocycles. The van der Waals surface area contributed by atoms with Crippen LogP contribution < -0.4 is 4.46 Å². The van der Waals surface area contributed by atoms with Crippen molar-refractivity contribution in [2.75, 3.05) is 19.8 Å². The van der Waals surface area contributed by atoms with E-state index in [1.807, 2.05) is 6.07 Å². The number of carbonyl (C=O) groups excluding carboxylic acids is 7. The normalized spacial score (nSPS) is 31.3. The standard InChI is InChI=1S/C45H56O22Se/c1-22(47)55-21-33-36(58-23(2)48)39(60-25(4)50)41(62-27(6)52)44(65-33)67-37-34(54)32(66-45(42(37)63-28(7)53)68-30-16-12-9-13-17-30)20-57-43-40(61-26(5)51)38(59-24(3)49)35(31(18-46)64-43)56-19-29-14-10-8-11-15-29/h8-17,31-46,54H,18-21H2,1-7H3/t31-,32-,33-,34-,35-,36-,37+,38+,39+,40-,41-,42-,43-,44+,45+/m1/s1. The van der Waals surface area contributed by atoms with Crippen molar-refractivity contribution in [1.29, 1.82) is 0 Å². The van der Waals surface area contributed by atoms with Gasteiger partial charge in [-0.3, -0.25) is 0 Å². The molecular weight excluding hydrogens is 971 g/mol. The van der Waals surface area contributed by atoms with E-state index in [-0.39, 0.29) is 6.61 Å². The predicted octanol–water partition coefficient (Wildman–Crippen LogP) is -0.315. The first-order chi connectivity index (χ1) is 32.3. The summed E-state index contributed by atoms with van der Waals surface area (Å²) in [5.74, 6) is -5.90. The number of hydrogen-bond donors (Lipinski definition) is 2. The number of carbonyl (C=O) groups is 7. The second-order valence-corrected chi connectivity index (χ2v) is 18.1. The third kappa shape index (κ3) is 15.2. The van der Waals surface area contributed by atoms with E-state index in [9.17, 15) is 43.8 Å². The molecule has 0 bridgehead atoms. The first-order valence-corrected chi connectivity index (χ1v) is 23.3. The van der Waals surface area contributed by atoms with Gasteiger partial charge in [0.05, 0.1) is 0 Å². The van der Waals surface area contributed by atoms with E-state index in [2.05, 4.69) is 0 Å². The number of aliphatic hydroxyl groups is 2. The fourth-order valence-electron chi connectivity index (χ4n) is 7.64. The average molecular weight is 1030 g/mol. The van der Waals surface area contributed by atoms with Crippen molar-refractivity contribution in [3.8, 4) is 0 Å². The van der Waals surface area contributed by atoms with Crippen molar-refractivity contribution in [1.82, 2.24) is 0 Å². The minimum absolute atomic E-state index is 0.0153. The Labute approximate surface area is 397 Å². The molecule has 374 valence electrons. The van der Waals surface area contributed by atoms with Crippen molar-refractivity contribution >= 4 is 61.2 Å². The molecule has 5 rings (SSSR count). The van der Waals surface area contributed by atoms with E-state index in [4.69, 9.17) is 61.6 Å². The molecule has 2 aromatic rings. The molecule has 0 saturated carbocycles. The van der Waals surface area contributed by atoms with Crippen LogP contribution >= 0.6 is 0 Å². The number of hydrogen-bond acceptors (Lipinski definition) is 22. The van der Waals surface area contributed by atoms with Crippen molar-refractivity contribution in [3.05, 3.63) is 66.2 Å². The molecule has 3 saturated heterocycles. The molecule has 3 heterocycles. The zero-order chi connectivity index (χ0) is 49.7. The SMILES string of the molecule is CC(=O)OC[C@H]1O[C@@H](O[C@H]2[C@H](O)[C@@H](CO[C@@H]3O[C@H](CO)[C@@H](OCc4ccccc4)[C@H](OC(C)=O)[C@H]3OC(C)=O)O[C@@H]([Se]c3ccccc3)[C@@H]2OC(C)=O)[C@H](OC(C)=O)[C@@H](OC(C)=O)[C@@H]1OC(C)=O. The van der Waals surface area contributed by atoms with Crippen LogP contribution in [-0.4, -0.2) is 178 Å². The molecule has 0 amide bonds. The summed E-state index contributed by atoms with van der Waals surface area (Å²) in [5, 5.41) is 21.8. The minimum atomic E-state index is -1.84. The second kappa shape index (κ2) is 25.5. The first kappa shape index (κ1) is 53.9. The summed E-state index contributed by atoms with van der Waals surface area (Å²) in [4.78, 5) is 87.6. The van der Waals surface area contributed by atoms with Crippen LogP contribution in [0.5, 0.6) is 0 Å². The Morgan fingerprint density at radius 3 is 1.53 bits per heavy atom. The van der Waals surface area contributed by atoms with Gasteiger partial charge in [-0.25, -0.2) is 0 Å². The summed E-state index contributed by atoms with van der Waals surface area (Å²) in [5.41, 5.74) is 0.732. The maximum absolute atomic E-state index is 12.8. The molecule has 0 aliphatic carbocycles. The Morgan fingerprint density at radius 1 is 0.500 bits per heavy atom. The Bertz CT molecular complexity index is 2020. The van der Waals surface area contributed by atoms with Crippen LogP contribution in [0.4, 0.5) is 0 Å². The molecule has 3 aliphatic rings. The van der Waals surface area contributed by atoms with E-state index in [0.29, 0.717) is 0 Å². The van der Waals surface area contributed by atoms with Gasteiger partial charge < -0.3 is 0 Å². The van der Waals surface area contributed by atoms with E-state index >= 15 is 0 Å². The van der Waals surface area contributed by atoms with Gasteiger partial charge in [-0.1, -0.05) is 30.3 Å². The molecule has 2 N–H and O–H groups in total. The van der Waals surface area contributed by atoms with Crippen molar-refractivity contribution in [2.45, 2.75) is 146 Å². The maximum atomic E-state index is 12.8. The second-order valence-electron chi connectivity index (χ2n) is 15.7. The molecule has 15 atom stereocenters. The predicted molar refractivity (Wildman–Crippen MR) is 227 cm³/mol. The monoisotopic (exact) mass is 1030 g/mol. The summed E-state index contributed by atoms with van der Waals surface area (Å²) in [7, 11) is 0. The quantitative estimate of drug-likeness (QED) is 0.104. The van der Waals surface area contributed by atoms with Crippen molar-refractivity contribution in [3.63, 3.8) is 0 Å². The van der Waals surface area contributed by atoms with Gasteiger partial charge in [0.2, 0.25) is 0 Å². The van der Waals surface area contributed by atoms with Gasteiger partial charge >= 0.3 is 368 Å². The van der Waals surface area contributed by atoms with Crippen LogP contribution in [0, 0.1) is 0 Å². The van der Waals surface area contributed by atoms with Gasteiger partial charge in [-0.2, -0.15) is 0 Å². The third-order valence-corrected chi connectivity index (χ3v) is 12.7. The molecule has 0 aromatic heterocycles. The third-order valence-electron chi connectivity index (χ3n) is 10.2. The van der Waals surface area contributed by atoms with E-state index < -0.39 is 167 Å². The number of ether oxygens (including phenoxy) is 13. The topological polar surface area (TPSA) is 280 Å². The van der Waals surface area contributed by atoms with Crippen LogP contribution in [0.15, 0.2) is 60.7 Å². The van der Waals surface area contributed by atoms with Gasteiger partial charge in [0, 0.05) is 0 Å². The van der Waals surface area contributed by atoms with Crippen LogP contribution in [0.1, 0.15) is 54.0 Å². The van der Waals surface area contributed by atoms with E-state index in [0.717, 1.165) is 58.5 Å². The molecule has 2 aromatic carbocycles. The Balaban J connectivity index is 1.53. The Morgan fingerprint density at radius 2 is 0.985 bits per heavy atom. The fraction of sp³-hybridized carbons (Fsp3) is 0.578. The molecular formula is C45H56O22Se. The number of benzene rings is 2. The average Bonchev–Trinajstić information content (AvgIpc) is 3.26. The van der Waals surface area contributed by atoms with Gasteiger partial charge in [0.25, 0.3) is 0 Å². The van der Waals surface area contributed by atoms with E-state index in [1.54, 1.807) is 54.6 Å². The number of aliphatic hydroxyl groups excluding tert-OH is 2. The van der Waals surface area contributed by atoms with Gasteiger partial charge in [-0.05, 0) is 0 Å². The summed E-state index contributed by atoms with van der Waals surface area (Å²) >= 11 is -0.740. The molecule has 3 fully saturated rings. The Hall–Kier alpha value is -5.07. The zero-order valence-corrected chi connectivity index (χ0v) is 39.9. The van der Waals surface area contributed by atoms with Crippen LogP contribution in [0.3, 0.4) is 0 Å². The summed E-state index contributed by atoms with van der Waals surface area (Å²) in [6, 6.07) is 17.9. The van der Waals surface area contributed by atoms with Crippen molar-refractivity contribution in [2.24, 2.45) is 0 Å². The number of rotatable bonds is 19. The van der Waals surface area contributed by atoms with Gasteiger partial charge in [-0.15, -0.1) is 0 Å². The molecule has 0 spiro atoms. The van der Waals surface area contributed by atoms with Crippen molar-refractivity contribution < 1.29 is 105 Å². The fourth-order valence-corrected chi connectivity index (χ4v) is 10.0. The summed E-state index contributed by atoms with van der Waals surface area (Å²) in [6.45, 7) is 5.70. The molecule has 23 heteroatoms. The molecule has 0 unspecified atom stereocenters. The molecule has 68 heavy (non-hydrogen) atoms. The van der Waals surface area contributed by atoms with E-state index in [1.165, 1.54) is 0 Å². The summed E-state index contributed by atoms with van der Waals surface area (Å²) in [6.07, 6.45) is -21.5. The Kier molecular flexibility index (Phi) is 20.2. The number of esters is 7.